The Morgan fingerprint density at radius 2 is 2.64 bits per heavy atom. The van der Waals surface area contributed by atoms with Crippen molar-refractivity contribution in [2.24, 2.45) is 0 Å². The number of carboxylic acid groups (broad SMARTS) is 1. The van der Waals surface area contributed by atoms with E-state index in [-0.39, 0.29) is 12.4 Å². The average Bonchev–Trinajstić information content (AvgIpc) is 2.34. The zero-order valence-electron chi connectivity index (χ0n) is 5.90. The van der Waals surface area contributed by atoms with Crippen molar-refractivity contribution < 1.29 is 19.1 Å². The van der Waals surface area contributed by atoms with Crippen LogP contribution in [0.1, 0.15) is 5.69 Å². The molecule has 0 radical (unpaired) electrons. The van der Waals surface area contributed by atoms with Crippen LogP contribution in [-0.4, -0.2) is 23.2 Å². The number of aromatic nitrogens is 1. The van der Waals surface area contributed by atoms with Crippen LogP contribution in [0.5, 0.6) is 5.95 Å². The van der Waals surface area contributed by atoms with E-state index in [1.165, 1.54) is 7.11 Å². The van der Waals surface area contributed by atoms with E-state index in [2.05, 4.69) is 4.98 Å². The molecule has 5 heteroatoms. The van der Waals surface area contributed by atoms with Gasteiger partial charge >= 0.3 is 11.9 Å². The molecule has 0 atom stereocenters. The second-order valence-electron chi connectivity index (χ2n) is 1.86. The number of carboxylic acids is 1. The molecule has 0 unspecified atom stereocenters. The molecule has 1 N–H and O–H groups in total. The van der Waals surface area contributed by atoms with Gasteiger partial charge in [0.25, 0.3) is 0 Å². The van der Waals surface area contributed by atoms with Crippen LogP contribution in [0.4, 0.5) is 0 Å². The van der Waals surface area contributed by atoms with E-state index in [9.17, 15) is 4.79 Å². The van der Waals surface area contributed by atoms with E-state index in [4.69, 9.17) is 14.3 Å². The fraction of sp³-hybridized carbons (Fsp3) is 0.333. The van der Waals surface area contributed by atoms with Gasteiger partial charge in [0, 0.05) is 0 Å². The van der Waals surface area contributed by atoms with Crippen molar-refractivity contribution in [3.05, 3.63) is 12.1 Å². The summed E-state index contributed by atoms with van der Waals surface area (Å²) in [5, 5.41) is 8.37. The fourth-order valence-corrected chi connectivity index (χ4v) is 0.686. The summed E-state index contributed by atoms with van der Waals surface area (Å²) in [4.78, 5) is 13.9. The quantitative estimate of drug-likeness (QED) is 0.683. The molecule has 0 aromatic carbocycles. The van der Waals surface area contributed by atoms with E-state index in [1.54, 1.807) is 0 Å². The van der Waals surface area contributed by atoms with Gasteiger partial charge in [0.1, 0.15) is 5.69 Å². The van der Waals surface area contributed by atoms with Crippen molar-refractivity contribution in [2.75, 3.05) is 7.11 Å². The van der Waals surface area contributed by atoms with Gasteiger partial charge in [-0.3, -0.25) is 4.79 Å². The van der Waals surface area contributed by atoms with Crippen LogP contribution in [0.25, 0.3) is 0 Å². The van der Waals surface area contributed by atoms with Crippen molar-refractivity contribution in [3.63, 3.8) is 0 Å². The third-order valence-electron chi connectivity index (χ3n) is 1.11. The van der Waals surface area contributed by atoms with Crippen LogP contribution >= 0.6 is 0 Å². The summed E-state index contributed by atoms with van der Waals surface area (Å²) in [6.07, 6.45) is 0.969. The van der Waals surface area contributed by atoms with Gasteiger partial charge in [-0.25, -0.2) is 4.98 Å². The lowest BCUT2D eigenvalue weighted by molar-refractivity contribution is -0.136. The van der Waals surface area contributed by atoms with Crippen LogP contribution < -0.4 is 4.74 Å². The lowest BCUT2D eigenvalue weighted by atomic mass is 10.3. The lowest BCUT2D eigenvalue weighted by Gasteiger charge is -1.93. The molecule has 0 aliphatic heterocycles. The molecule has 0 fully saturated rings. The van der Waals surface area contributed by atoms with E-state index < -0.39 is 5.97 Å². The van der Waals surface area contributed by atoms with Crippen molar-refractivity contribution in [1.29, 1.82) is 0 Å². The lowest BCUT2D eigenvalue weighted by Crippen LogP contribution is -2.01. The van der Waals surface area contributed by atoms with Gasteiger partial charge in [-0.2, -0.15) is 0 Å². The highest BCUT2D eigenvalue weighted by Crippen LogP contribution is 2.15. The summed E-state index contributed by atoms with van der Waals surface area (Å²) < 4.78 is 9.41. The molecule has 0 saturated heterocycles. The first-order valence-corrected chi connectivity index (χ1v) is 2.92. The summed E-state index contributed by atoms with van der Waals surface area (Å²) in [7, 11) is 1.39. The maximum absolute atomic E-state index is 10.2. The molecule has 0 aliphatic rings. The van der Waals surface area contributed by atoms with Crippen molar-refractivity contribution >= 4 is 5.97 Å². The van der Waals surface area contributed by atoms with Crippen molar-refractivity contribution in [1.82, 2.24) is 4.98 Å². The number of rotatable bonds is 3. The first-order valence-electron chi connectivity index (χ1n) is 2.92. The van der Waals surface area contributed by atoms with Crippen molar-refractivity contribution in [3.8, 4) is 5.95 Å². The minimum absolute atomic E-state index is 0.160. The zero-order valence-corrected chi connectivity index (χ0v) is 5.90. The number of oxazole rings is 1. The van der Waals surface area contributed by atoms with E-state index in [1.807, 2.05) is 0 Å². The normalized spacial score (nSPS) is 9.55. The van der Waals surface area contributed by atoms with E-state index >= 15 is 0 Å². The standard InChI is InChI=1S/C6H7NO4/c1-10-6-4(2-5(8)9)7-3-11-6/h3H,2H2,1H3,(H,8,9). The third-order valence-corrected chi connectivity index (χ3v) is 1.11. The summed E-state index contributed by atoms with van der Waals surface area (Å²) in [6, 6.07) is 0. The van der Waals surface area contributed by atoms with E-state index in [0.717, 1.165) is 6.39 Å². The Labute approximate surface area is 62.6 Å². The molecule has 0 aliphatic carbocycles. The zero-order chi connectivity index (χ0) is 8.27. The average molecular weight is 157 g/mol. The number of hydrogen-bond donors (Lipinski definition) is 1. The molecule has 1 heterocycles. The smallest absolute Gasteiger partial charge is 0.309 e. The largest absolute Gasteiger partial charge is 0.481 e. The van der Waals surface area contributed by atoms with Gasteiger partial charge in [0.15, 0.2) is 6.39 Å². The predicted molar refractivity (Wildman–Crippen MR) is 34.4 cm³/mol. The highest BCUT2D eigenvalue weighted by Gasteiger charge is 2.11. The first-order chi connectivity index (χ1) is 5.24. The molecule has 5 nitrogen and oxygen atoms in total. The van der Waals surface area contributed by atoms with Crippen LogP contribution in [0.15, 0.2) is 10.8 Å². The third kappa shape index (κ3) is 1.70. The van der Waals surface area contributed by atoms with E-state index in [0.29, 0.717) is 5.69 Å². The summed E-state index contributed by atoms with van der Waals surface area (Å²) in [5.74, 6) is -0.801. The van der Waals surface area contributed by atoms with Gasteiger partial charge in [0.2, 0.25) is 0 Å². The molecule has 1 aromatic heterocycles. The molecule has 0 bridgehead atoms. The maximum atomic E-state index is 10.2. The van der Waals surface area contributed by atoms with Gasteiger partial charge < -0.3 is 14.3 Å². The van der Waals surface area contributed by atoms with Crippen LogP contribution in [0, 0.1) is 0 Å². The topological polar surface area (TPSA) is 72.6 Å². The van der Waals surface area contributed by atoms with Crippen LogP contribution in [0.2, 0.25) is 0 Å². The molecule has 1 rings (SSSR count). The molecule has 1 aromatic rings. The summed E-state index contributed by atoms with van der Waals surface area (Å²) in [6.45, 7) is 0. The number of nitrogens with zero attached hydrogens (tertiary/aromatic N) is 1. The van der Waals surface area contributed by atoms with Gasteiger partial charge in [-0.05, 0) is 0 Å². The molecule has 60 valence electrons. The summed E-state index contributed by atoms with van der Waals surface area (Å²) in [5.41, 5.74) is 0.306. The number of ether oxygens (including phenoxy) is 1. The Bertz CT molecular complexity index is 255. The van der Waals surface area contributed by atoms with Crippen LogP contribution in [0.3, 0.4) is 0 Å². The Balaban J connectivity index is 2.76. The minimum atomic E-state index is -0.961. The molecule has 0 amide bonds. The number of aliphatic carboxylic acids is 1. The van der Waals surface area contributed by atoms with Crippen molar-refractivity contribution in [2.45, 2.75) is 6.42 Å². The Kier molecular flexibility index (Phi) is 2.10. The molecule has 0 spiro atoms. The van der Waals surface area contributed by atoms with Gasteiger partial charge in [-0.1, -0.05) is 0 Å². The molecule has 0 saturated carbocycles. The Hall–Kier alpha value is -1.52. The predicted octanol–water partition coefficient (Wildman–Crippen LogP) is 0.310. The Morgan fingerprint density at radius 3 is 3.18 bits per heavy atom. The highest BCUT2D eigenvalue weighted by atomic mass is 16.6. The summed E-state index contributed by atoms with van der Waals surface area (Å²) >= 11 is 0. The fourth-order valence-electron chi connectivity index (χ4n) is 0.686. The highest BCUT2D eigenvalue weighted by molar-refractivity contribution is 5.70. The maximum Gasteiger partial charge on any atom is 0.309 e. The monoisotopic (exact) mass is 157 g/mol. The molecular formula is C6H7NO4. The Morgan fingerprint density at radius 1 is 1.91 bits per heavy atom. The number of methoxy groups -OCH3 is 1. The number of hydrogen-bond acceptors (Lipinski definition) is 4. The van der Waals surface area contributed by atoms with Gasteiger partial charge in [-0.15, -0.1) is 0 Å². The molecular weight excluding hydrogens is 150 g/mol. The number of carbonyl (C=O) groups is 1. The van der Waals surface area contributed by atoms with Crippen LogP contribution in [-0.2, 0) is 11.2 Å². The first kappa shape index (κ1) is 7.59. The molecule has 11 heavy (non-hydrogen) atoms. The second kappa shape index (κ2) is 3.05. The van der Waals surface area contributed by atoms with Gasteiger partial charge in [0.05, 0.1) is 13.5 Å². The second-order valence-corrected chi connectivity index (χ2v) is 1.86. The SMILES string of the molecule is COc1ocnc1CC(=O)O. The minimum Gasteiger partial charge on any atom is -0.481 e.